The Kier molecular flexibility index (Phi) is 54.7. The predicted molar refractivity (Wildman–Crippen MR) is 319 cm³/mol. The summed E-state index contributed by atoms with van der Waals surface area (Å²) in [6.45, 7) is 4.23. The van der Waals surface area contributed by atoms with E-state index in [9.17, 15) is 19.0 Å². The van der Waals surface area contributed by atoms with Gasteiger partial charge in [0.05, 0.1) is 27.7 Å². The second kappa shape index (κ2) is 56.4. The molecule has 0 aliphatic rings. The van der Waals surface area contributed by atoms with Gasteiger partial charge >= 0.3 is 11.9 Å². The van der Waals surface area contributed by atoms with Gasteiger partial charge in [0, 0.05) is 12.8 Å². The number of quaternary nitrogens is 1. The molecule has 0 aliphatic heterocycles. The van der Waals surface area contributed by atoms with Crippen molar-refractivity contribution in [3.05, 3.63) is 60.8 Å². The fraction of sp³-hybridized carbons (Fsp3) is 0.815. The van der Waals surface area contributed by atoms with Crippen LogP contribution in [0.2, 0.25) is 0 Å². The molecule has 0 spiro atoms. The highest BCUT2D eigenvalue weighted by atomic mass is 31.2. The molecule has 10 heteroatoms. The minimum atomic E-state index is -4.64. The van der Waals surface area contributed by atoms with Crippen LogP contribution in [0.4, 0.5) is 0 Å². The molecule has 0 bridgehead atoms. The summed E-state index contributed by atoms with van der Waals surface area (Å²) in [5.41, 5.74) is 0. The zero-order valence-electron chi connectivity index (χ0n) is 49.7. The number of carbonyl (C=O) groups is 2. The highest BCUT2D eigenvalue weighted by Crippen LogP contribution is 2.38. The third-order valence-corrected chi connectivity index (χ3v) is 14.7. The van der Waals surface area contributed by atoms with E-state index in [-0.39, 0.29) is 32.0 Å². The van der Waals surface area contributed by atoms with Crippen LogP contribution in [0.5, 0.6) is 0 Å². The zero-order valence-corrected chi connectivity index (χ0v) is 50.6. The molecule has 0 amide bonds. The first kappa shape index (κ1) is 72.7. The Balaban J connectivity index is 4.05. The van der Waals surface area contributed by atoms with Gasteiger partial charge in [-0.05, 0) is 83.5 Å². The Hall–Kier alpha value is -2.29. The van der Waals surface area contributed by atoms with Crippen LogP contribution in [0, 0.1) is 0 Å². The van der Waals surface area contributed by atoms with Crippen molar-refractivity contribution in [3.63, 3.8) is 0 Å². The molecule has 75 heavy (non-hydrogen) atoms. The fourth-order valence-corrected chi connectivity index (χ4v) is 9.60. The van der Waals surface area contributed by atoms with Gasteiger partial charge in [0.2, 0.25) is 0 Å². The number of unbranched alkanes of at least 4 members (excludes halogenated alkanes) is 34. The minimum absolute atomic E-state index is 0.0325. The molecule has 2 unspecified atom stereocenters. The van der Waals surface area contributed by atoms with E-state index in [4.69, 9.17) is 18.5 Å². The molecule has 0 aromatic heterocycles. The maximum Gasteiger partial charge on any atom is 0.306 e. The topological polar surface area (TPSA) is 111 Å². The van der Waals surface area contributed by atoms with E-state index >= 15 is 0 Å². The lowest BCUT2D eigenvalue weighted by atomic mass is 10.0. The van der Waals surface area contributed by atoms with Gasteiger partial charge in [-0.25, -0.2) is 0 Å². The standard InChI is InChI=1S/C65H120NO8P/c1-6-8-10-12-14-16-18-20-22-24-26-27-28-29-30-31-32-33-34-35-36-37-38-39-40-42-44-46-48-50-52-54-56-58-65(68)74-63(62-73-75(69,70)72-60-59-66(3,4)5)61-71-64(67)57-55-53-51-49-47-45-43-41-25-23-21-19-17-15-13-11-9-7-2/h17-20,23-26,28-29,63H,6-16,21-22,27,30-62H2,1-5H3/b19-17-,20-18-,25-23-,26-24-,29-28-. The number of carbonyl (C=O) groups excluding carboxylic acids is 2. The number of ether oxygens (including phenoxy) is 2. The Morgan fingerprint density at radius 3 is 1.08 bits per heavy atom. The lowest BCUT2D eigenvalue weighted by molar-refractivity contribution is -0.870. The van der Waals surface area contributed by atoms with Crippen molar-refractivity contribution in [3.8, 4) is 0 Å². The molecule has 0 radical (unpaired) electrons. The molecule has 0 heterocycles. The fourth-order valence-electron chi connectivity index (χ4n) is 8.87. The summed E-state index contributed by atoms with van der Waals surface area (Å²) in [5, 5.41) is 0. The van der Waals surface area contributed by atoms with E-state index in [0.717, 1.165) is 70.6 Å². The average Bonchev–Trinajstić information content (AvgIpc) is 3.37. The van der Waals surface area contributed by atoms with Crippen LogP contribution in [0.25, 0.3) is 0 Å². The molecule has 0 N–H and O–H groups in total. The normalized spacial score (nSPS) is 13.6. The third-order valence-electron chi connectivity index (χ3n) is 13.8. The number of esters is 2. The summed E-state index contributed by atoms with van der Waals surface area (Å²) >= 11 is 0. The third kappa shape index (κ3) is 60.8. The van der Waals surface area contributed by atoms with Gasteiger partial charge in [-0.3, -0.25) is 14.2 Å². The SMILES string of the molecule is CCCCCC/C=C\C/C=C\CCCCCCCCCC(=O)OCC(COP(=O)([O-])OCC[N+](C)(C)C)OC(=O)CCCCCCCCCCCCCCCCCCCC/C=C\C/C=C\C/C=C\CCCCCCC. The second-order valence-corrected chi connectivity index (χ2v) is 23.8. The van der Waals surface area contributed by atoms with E-state index in [1.165, 1.54) is 186 Å². The molecule has 2 atom stereocenters. The van der Waals surface area contributed by atoms with Crippen molar-refractivity contribution in [2.24, 2.45) is 0 Å². The number of hydrogen-bond donors (Lipinski definition) is 0. The molecule has 438 valence electrons. The van der Waals surface area contributed by atoms with Crippen LogP contribution in [0.15, 0.2) is 60.8 Å². The van der Waals surface area contributed by atoms with Crippen LogP contribution in [-0.2, 0) is 32.7 Å². The van der Waals surface area contributed by atoms with Gasteiger partial charge < -0.3 is 27.9 Å². The molecule has 0 aliphatic carbocycles. The molecule has 0 saturated carbocycles. The van der Waals surface area contributed by atoms with Gasteiger partial charge in [0.15, 0.2) is 6.10 Å². The molecular formula is C65H120NO8P. The highest BCUT2D eigenvalue weighted by Gasteiger charge is 2.22. The van der Waals surface area contributed by atoms with Gasteiger partial charge in [0.1, 0.15) is 19.8 Å². The van der Waals surface area contributed by atoms with Crippen molar-refractivity contribution in [1.29, 1.82) is 0 Å². The summed E-state index contributed by atoms with van der Waals surface area (Å²) in [6.07, 6.45) is 72.8. The minimum Gasteiger partial charge on any atom is -0.756 e. The Bertz CT molecular complexity index is 1450. The van der Waals surface area contributed by atoms with Gasteiger partial charge in [-0.1, -0.05) is 254 Å². The number of rotatable bonds is 58. The summed E-state index contributed by atoms with van der Waals surface area (Å²) < 4.78 is 34.2. The van der Waals surface area contributed by atoms with Crippen molar-refractivity contribution in [1.82, 2.24) is 0 Å². The van der Waals surface area contributed by atoms with Crippen molar-refractivity contribution >= 4 is 19.8 Å². The number of phosphoric acid groups is 1. The van der Waals surface area contributed by atoms with Crippen molar-refractivity contribution in [2.75, 3.05) is 47.5 Å². The summed E-state index contributed by atoms with van der Waals surface area (Å²) in [4.78, 5) is 37.9. The lowest BCUT2D eigenvalue weighted by Gasteiger charge is -2.28. The molecule has 9 nitrogen and oxygen atoms in total. The van der Waals surface area contributed by atoms with Crippen molar-refractivity contribution in [2.45, 2.75) is 296 Å². The second-order valence-electron chi connectivity index (χ2n) is 22.4. The van der Waals surface area contributed by atoms with E-state index < -0.39 is 26.5 Å². The number of nitrogens with zero attached hydrogens (tertiary/aromatic N) is 1. The van der Waals surface area contributed by atoms with Crippen LogP contribution in [0.1, 0.15) is 290 Å². The van der Waals surface area contributed by atoms with Crippen LogP contribution in [0.3, 0.4) is 0 Å². The van der Waals surface area contributed by atoms with Gasteiger partial charge in [-0.15, -0.1) is 0 Å². The van der Waals surface area contributed by atoms with E-state index in [1.807, 2.05) is 21.1 Å². The number of likely N-dealkylation sites (N-methyl/N-ethyl adjacent to an activating group) is 1. The molecule has 0 rings (SSSR count). The first-order chi connectivity index (χ1) is 36.5. The van der Waals surface area contributed by atoms with Crippen LogP contribution < -0.4 is 4.89 Å². The van der Waals surface area contributed by atoms with E-state index in [0.29, 0.717) is 17.4 Å². The van der Waals surface area contributed by atoms with Crippen LogP contribution in [-0.4, -0.2) is 70.0 Å². The average molecular weight is 1070 g/mol. The lowest BCUT2D eigenvalue weighted by Crippen LogP contribution is -2.37. The first-order valence-corrected chi connectivity index (χ1v) is 33.0. The molecule has 0 saturated heterocycles. The molecule has 0 fully saturated rings. The number of allylic oxidation sites excluding steroid dienone is 10. The first-order valence-electron chi connectivity index (χ1n) is 31.5. The largest absolute Gasteiger partial charge is 0.756 e. The Labute approximate surface area is 464 Å². The molecule has 0 aromatic carbocycles. The van der Waals surface area contributed by atoms with Gasteiger partial charge in [-0.2, -0.15) is 0 Å². The maximum absolute atomic E-state index is 12.8. The van der Waals surface area contributed by atoms with E-state index in [2.05, 4.69) is 74.6 Å². The van der Waals surface area contributed by atoms with Crippen LogP contribution >= 0.6 is 7.82 Å². The summed E-state index contributed by atoms with van der Waals surface area (Å²) in [6, 6.07) is 0. The number of phosphoric ester groups is 1. The zero-order chi connectivity index (χ0) is 54.9. The van der Waals surface area contributed by atoms with Crippen molar-refractivity contribution < 1.29 is 42.1 Å². The van der Waals surface area contributed by atoms with E-state index in [1.54, 1.807) is 0 Å². The predicted octanol–water partition coefficient (Wildman–Crippen LogP) is 19.2. The molecule has 0 aromatic rings. The van der Waals surface area contributed by atoms with Gasteiger partial charge in [0.25, 0.3) is 7.82 Å². The Morgan fingerprint density at radius 1 is 0.413 bits per heavy atom. The monoisotopic (exact) mass is 1070 g/mol. The highest BCUT2D eigenvalue weighted by molar-refractivity contribution is 7.45. The number of hydrogen-bond acceptors (Lipinski definition) is 8. The molecular weight excluding hydrogens is 954 g/mol. The smallest absolute Gasteiger partial charge is 0.306 e. The maximum atomic E-state index is 12.8. The summed E-state index contributed by atoms with van der Waals surface area (Å²) in [5.74, 6) is -0.833. The Morgan fingerprint density at radius 2 is 0.720 bits per heavy atom. The summed E-state index contributed by atoms with van der Waals surface area (Å²) in [7, 11) is 1.17. The quantitative estimate of drug-likeness (QED) is 0.0195.